The number of nitrogens with one attached hydrogen (secondary N) is 1. The molecule has 2 nitrogen and oxygen atoms in total. The molecule has 0 atom stereocenters. The first-order chi connectivity index (χ1) is 12.4. The highest BCUT2D eigenvalue weighted by molar-refractivity contribution is 7.80. The van der Waals surface area contributed by atoms with E-state index in [1.165, 1.54) is 6.07 Å². The molecule has 0 aromatic heterocycles. The van der Waals surface area contributed by atoms with Gasteiger partial charge in [0, 0.05) is 24.1 Å². The molecule has 0 saturated carbocycles. The van der Waals surface area contributed by atoms with Crippen molar-refractivity contribution in [1.29, 1.82) is 0 Å². The fourth-order valence-electron chi connectivity index (χ4n) is 3.17. The summed E-state index contributed by atoms with van der Waals surface area (Å²) in [5.74, 6) is 0.206. The second-order valence-electron chi connectivity index (χ2n) is 6.46. The van der Waals surface area contributed by atoms with Crippen LogP contribution in [0.5, 0.6) is 5.75 Å². The van der Waals surface area contributed by atoms with Crippen molar-refractivity contribution in [3.8, 4) is 5.75 Å². The van der Waals surface area contributed by atoms with Gasteiger partial charge >= 0.3 is 6.18 Å². The molecule has 1 heterocycles. The van der Waals surface area contributed by atoms with Crippen molar-refractivity contribution in [3.63, 3.8) is 0 Å². The fourth-order valence-corrected chi connectivity index (χ4v) is 3.58. The van der Waals surface area contributed by atoms with Crippen molar-refractivity contribution in [2.75, 3.05) is 13.1 Å². The molecule has 1 N–H and O–H groups in total. The normalized spacial score (nSPS) is 16.9. The Hall–Kier alpha value is -1.92. The number of hydrogen-bond acceptors (Lipinski definition) is 3. The Morgan fingerprint density at radius 1 is 1.04 bits per heavy atom. The van der Waals surface area contributed by atoms with E-state index >= 15 is 0 Å². The molecule has 0 amide bonds. The molecule has 26 heavy (non-hydrogen) atoms. The summed E-state index contributed by atoms with van der Waals surface area (Å²) in [6.07, 6.45) is -2.57. The number of rotatable bonds is 5. The van der Waals surface area contributed by atoms with Crippen LogP contribution in [0, 0.1) is 0 Å². The van der Waals surface area contributed by atoms with Gasteiger partial charge in [-0.1, -0.05) is 48.6 Å². The molecule has 138 valence electrons. The Balaban J connectivity index is 1.85. The molecule has 2 aromatic carbocycles. The second kappa shape index (κ2) is 7.76. The van der Waals surface area contributed by atoms with Gasteiger partial charge in [-0.15, -0.1) is 0 Å². The molecule has 0 spiro atoms. The third-order valence-corrected chi connectivity index (χ3v) is 5.12. The van der Waals surface area contributed by atoms with Crippen LogP contribution in [-0.2, 0) is 12.6 Å². The summed E-state index contributed by atoms with van der Waals surface area (Å²) in [4.78, 5) is 0.725. The Labute approximate surface area is 156 Å². The number of halogens is 3. The molecule has 1 aliphatic rings. The van der Waals surface area contributed by atoms with E-state index in [1.54, 1.807) is 6.07 Å². The Bertz CT molecular complexity index is 755. The van der Waals surface area contributed by atoms with Crippen LogP contribution in [0.25, 0.3) is 0 Å². The SMILES string of the molecule is FC(F)(F)c1cccc(OC2(C(=S)Cc3ccccc3)CCNCC2)c1. The average molecular weight is 379 g/mol. The lowest BCUT2D eigenvalue weighted by atomic mass is 9.85. The van der Waals surface area contributed by atoms with Crippen molar-refractivity contribution < 1.29 is 17.9 Å². The zero-order valence-electron chi connectivity index (χ0n) is 14.2. The van der Waals surface area contributed by atoms with Crippen molar-refractivity contribution in [2.24, 2.45) is 0 Å². The summed E-state index contributed by atoms with van der Waals surface area (Å²) in [7, 11) is 0. The van der Waals surface area contributed by atoms with Gasteiger partial charge in [-0.2, -0.15) is 13.2 Å². The fraction of sp³-hybridized carbons (Fsp3) is 0.350. The van der Waals surface area contributed by atoms with Gasteiger partial charge in [0.15, 0.2) is 0 Å². The molecule has 0 aliphatic carbocycles. The molecule has 1 saturated heterocycles. The van der Waals surface area contributed by atoms with Gasteiger partial charge in [-0.3, -0.25) is 0 Å². The standard InChI is InChI=1S/C20H20F3NOS/c21-20(22,23)16-7-4-8-17(14-16)25-19(9-11-24-12-10-19)18(26)13-15-5-2-1-3-6-15/h1-8,14,24H,9-13H2. The molecule has 3 rings (SSSR count). The summed E-state index contributed by atoms with van der Waals surface area (Å²) < 4.78 is 45.1. The van der Waals surface area contributed by atoms with Gasteiger partial charge in [0.05, 0.1) is 5.56 Å². The molecule has 0 bridgehead atoms. The first-order valence-corrected chi connectivity index (χ1v) is 8.94. The highest BCUT2D eigenvalue weighted by Crippen LogP contribution is 2.34. The highest BCUT2D eigenvalue weighted by Gasteiger charge is 2.39. The van der Waals surface area contributed by atoms with Crippen molar-refractivity contribution in [1.82, 2.24) is 5.32 Å². The van der Waals surface area contributed by atoms with Crippen LogP contribution in [0.4, 0.5) is 13.2 Å². The maximum Gasteiger partial charge on any atom is 0.416 e. The van der Waals surface area contributed by atoms with E-state index < -0.39 is 17.3 Å². The zero-order chi connectivity index (χ0) is 18.6. The van der Waals surface area contributed by atoms with Crippen LogP contribution < -0.4 is 10.1 Å². The Morgan fingerprint density at radius 2 is 1.73 bits per heavy atom. The predicted octanol–water partition coefficient (Wildman–Crippen LogP) is 4.82. The van der Waals surface area contributed by atoms with Gasteiger partial charge in [0.25, 0.3) is 0 Å². The molecule has 0 unspecified atom stereocenters. The van der Waals surface area contributed by atoms with E-state index in [9.17, 15) is 13.2 Å². The third kappa shape index (κ3) is 4.43. The van der Waals surface area contributed by atoms with Crippen LogP contribution in [-0.4, -0.2) is 23.6 Å². The minimum absolute atomic E-state index is 0.206. The number of alkyl halides is 3. The average Bonchev–Trinajstić information content (AvgIpc) is 2.63. The maximum absolute atomic E-state index is 13.0. The van der Waals surface area contributed by atoms with E-state index in [0.29, 0.717) is 32.4 Å². The van der Waals surface area contributed by atoms with E-state index in [1.807, 2.05) is 30.3 Å². The van der Waals surface area contributed by atoms with E-state index in [4.69, 9.17) is 17.0 Å². The minimum Gasteiger partial charge on any atom is -0.482 e. The summed E-state index contributed by atoms with van der Waals surface area (Å²) in [5, 5.41) is 3.26. The Morgan fingerprint density at radius 3 is 2.38 bits per heavy atom. The van der Waals surface area contributed by atoms with Gasteiger partial charge in [-0.05, 0) is 36.9 Å². The number of hydrogen-bond donors (Lipinski definition) is 1. The number of ether oxygens (including phenoxy) is 1. The van der Waals surface area contributed by atoms with Gasteiger partial charge in [0.2, 0.25) is 0 Å². The van der Waals surface area contributed by atoms with Crippen LogP contribution in [0.2, 0.25) is 0 Å². The lowest BCUT2D eigenvalue weighted by Crippen LogP contribution is -2.52. The van der Waals surface area contributed by atoms with Crippen LogP contribution in [0.15, 0.2) is 54.6 Å². The number of piperidine rings is 1. The van der Waals surface area contributed by atoms with E-state index in [-0.39, 0.29) is 5.75 Å². The van der Waals surface area contributed by atoms with E-state index in [2.05, 4.69) is 5.32 Å². The minimum atomic E-state index is -4.40. The lowest BCUT2D eigenvalue weighted by molar-refractivity contribution is -0.137. The third-order valence-electron chi connectivity index (χ3n) is 4.60. The second-order valence-corrected chi connectivity index (χ2v) is 6.95. The number of thiocarbonyl (C=S) groups is 1. The van der Waals surface area contributed by atoms with E-state index in [0.717, 1.165) is 22.6 Å². The molecule has 2 aromatic rings. The topological polar surface area (TPSA) is 21.3 Å². The van der Waals surface area contributed by atoms with Crippen molar-refractivity contribution in [3.05, 3.63) is 65.7 Å². The lowest BCUT2D eigenvalue weighted by Gasteiger charge is -2.39. The van der Waals surface area contributed by atoms with Crippen LogP contribution in [0.3, 0.4) is 0 Å². The molecular weight excluding hydrogens is 359 g/mol. The predicted molar refractivity (Wildman–Crippen MR) is 99.7 cm³/mol. The van der Waals surface area contributed by atoms with Gasteiger partial charge < -0.3 is 10.1 Å². The van der Waals surface area contributed by atoms with Gasteiger partial charge in [-0.25, -0.2) is 0 Å². The smallest absolute Gasteiger partial charge is 0.416 e. The van der Waals surface area contributed by atoms with Crippen LogP contribution in [0.1, 0.15) is 24.0 Å². The molecular formula is C20H20F3NOS. The first-order valence-electron chi connectivity index (χ1n) is 8.53. The first kappa shape index (κ1) is 18.9. The molecule has 6 heteroatoms. The quantitative estimate of drug-likeness (QED) is 0.753. The summed E-state index contributed by atoms with van der Waals surface area (Å²) in [5.41, 5.74) is -0.378. The number of benzene rings is 2. The Kier molecular flexibility index (Phi) is 5.63. The highest BCUT2D eigenvalue weighted by atomic mass is 32.1. The van der Waals surface area contributed by atoms with Crippen LogP contribution >= 0.6 is 12.2 Å². The molecule has 0 radical (unpaired) electrons. The maximum atomic E-state index is 13.0. The van der Waals surface area contributed by atoms with Gasteiger partial charge in [0.1, 0.15) is 11.4 Å². The molecule has 1 fully saturated rings. The summed E-state index contributed by atoms with van der Waals surface area (Å²) in [6, 6.07) is 14.8. The molecule has 1 aliphatic heterocycles. The zero-order valence-corrected chi connectivity index (χ0v) is 15.0. The van der Waals surface area contributed by atoms with Crippen molar-refractivity contribution in [2.45, 2.75) is 31.0 Å². The largest absolute Gasteiger partial charge is 0.482 e. The van der Waals surface area contributed by atoms with Crippen molar-refractivity contribution >= 4 is 17.1 Å². The summed E-state index contributed by atoms with van der Waals surface area (Å²) in [6.45, 7) is 1.43. The summed E-state index contributed by atoms with van der Waals surface area (Å²) >= 11 is 5.70. The monoisotopic (exact) mass is 379 g/mol.